The maximum Gasteiger partial charge on any atom is 0.162 e. The molecule has 1 aromatic heterocycles. The number of ether oxygens (including phenoxy) is 1. The fraction of sp³-hybridized carbons (Fsp3) is 0.750. The van der Waals surface area contributed by atoms with E-state index in [1.165, 1.54) is 19.3 Å². The Morgan fingerprint density at radius 3 is 2.43 bits per heavy atom. The van der Waals surface area contributed by atoms with Crippen LogP contribution in [0.1, 0.15) is 64.4 Å². The molecule has 0 saturated heterocycles. The van der Waals surface area contributed by atoms with Crippen molar-refractivity contribution in [3.8, 4) is 0 Å². The van der Waals surface area contributed by atoms with E-state index >= 15 is 0 Å². The van der Waals surface area contributed by atoms with Crippen molar-refractivity contribution in [1.29, 1.82) is 0 Å². The smallest absolute Gasteiger partial charge is 0.162 e. The van der Waals surface area contributed by atoms with Crippen LogP contribution in [-0.4, -0.2) is 23.1 Å². The Hall–Kier alpha value is -0.430. The molecule has 0 bridgehead atoms. The number of rotatable bonds is 6. The average Bonchev–Trinajstić information content (AvgIpc) is 2.50. The highest BCUT2D eigenvalue weighted by Crippen LogP contribution is 2.40. The zero-order valence-electron chi connectivity index (χ0n) is 13.3. The third-order valence-electron chi connectivity index (χ3n) is 4.09. The maximum atomic E-state index is 6.17. The van der Waals surface area contributed by atoms with Gasteiger partial charge in [-0.1, -0.05) is 26.2 Å². The first-order valence-corrected chi connectivity index (χ1v) is 9.19. The monoisotopic (exact) mass is 403 g/mol. The van der Waals surface area contributed by atoms with Crippen molar-refractivity contribution < 1.29 is 4.74 Å². The van der Waals surface area contributed by atoms with Crippen molar-refractivity contribution >= 4 is 28.4 Å². The van der Waals surface area contributed by atoms with Gasteiger partial charge < -0.3 is 10.1 Å². The van der Waals surface area contributed by atoms with E-state index < -0.39 is 0 Å². The largest absolute Gasteiger partial charge is 0.369 e. The SMILES string of the molecule is CCNc1nc(C2(OCC)CCCCC2)nc(CC)c1I. The summed E-state index contributed by atoms with van der Waals surface area (Å²) in [5.41, 5.74) is 0.854. The van der Waals surface area contributed by atoms with Crippen LogP contribution in [0.4, 0.5) is 5.82 Å². The molecule has 1 heterocycles. The molecular weight excluding hydrogens is 377 g/mol. The van der Waals surface area contributed by atoms with E-state index in [2.05, 4.69) is 48.7 Å². The first kappa shape index (κ1) is 16.9. The molecular formula is C16H26IN3O. The standard InChI is InChI=1S/C16H26IN3O/c1-4-12-13(17)14(18-5-2)20-15(19-12)16(21-6-3)10-8-7-9-11-16/h4-11H2,1-3H3,(H,18,19,20). The van der Waals surface area contributed by atoms with Gasteiger partial charge >= 0.3 is 0 Å². The molecule has 0 unspecified atom stereocenters. The number of nitrogens with one attached hydrogen (secondary N) is 1. The van der Waals surface area contributed by atoms with E-state index in [0.29, 0.717) is 6.61 Å². The lowest BCUT2D eigenvalue weighted by atomic mass is 9.83. The summed E-state index contributed by atoms with van der Waals surface area (Å²) in [5, 5.41) is 3.38. The predicted molar refractivity (Wildman–Crippen MR) is 94.7 cm³/mol. The Kier molecular flexibility index (Phi) is 6.22. The number of aromatic nitrogens is 2. The highest BCUT2D eigenvalue weighted by molar-refractivity contribution is 14.1. The second-order valence-electron chi connectivity index (χ2n) is 5.53. The fourth-order valence-corrected chi connectivity index (χ4v) is 3.86. The van der Waals surface area contributed by atoms with Crippen LogP contribution < -0.4 is 5.32 Å². The fourth-order valence-electron chi connectivity index (χ4n) is 3.05. The van der Waals surface area contributed by atoms with E-state index in [0.717, 1.165) is 46.7 Å². The van der Waals surface area contributed by atoms with Gasteiger partial charge in [0.15, 0.2) is 5.82 Å². The van der Waals surface area contributed by atoms with Gasteiger partial charge in [0.25, 0.3) is 0 Å². The molecule has 1 aliphatic carbocycles. The Labute approximate surface area is 141 Å². The minimum absolute atomic E-state index is 0.272. The summed E-state index contributed by atoms with van der Waals surface area (Å²) >= 11 is 2.35. The first-order valence-electron chi connectivity index (χ1n) is 8.11. The molecule has 0 amide bonds. The number of anilines is 1. The molecule has 0 aliphatic heterocycles. The molecule has 118 valence electrons. The van der Waals surface area contributed by atoms with Crippen LogP contribution in [0.5, 0.6) is 0 Å². The summed E-state index contributed by atoms with van der Waals surface area (Å²) in [6, 6.07) is 0. The summed E-state index contributed by atoms with van der Waals surface area (Å²) in [4.78, 5) is 9.69. The van der Waals surface area contributed by atoms with Crippen LogP contribution >= 0.6 is 22.6 Å². The van der Waals surface area contributed by atoms with Crippen LogP contribution in [0.15, 0.2) is 0 Å². The molecule has 0 spiro atoms. The molecule has 1 aliphatic rings. The van der Waals surface area contributed by atoms with E-state index in [1.807, 2.05) is 0 Å². The molecule has 21 heavy (non-hydrogen) atoms. The quantitative estimate of drug-likeness (QED) is 0.721. The van der Waals surface area contributed by atoms with E-state index in [9.17, 15) is 0 Å². The number of aryl methyl sites for hydroxylation is 1. The molecule has 1 aromatic rings. The van der Waals surface area contributed by atoms with Crippen LogP contribution in [0.25, 0.3) is 0 Å². The Morgan fingerprint density at radius 1 is 1.14 bits per heavy atom. The van der Waals surface area contributed by atoms with Crippen molar-refractivity contribution in [1.82, 2.24) is 9.97 Å². The number of halogens is 1. The minimum Gasteiger partial charge on any atom is -0.369 e. The molecule has 2 rings (SSSR count). The lowest BCUT2D eigenvalue weighted by Crippen LogP contribution is -2.35. The Bertz CT molecular complexity index is 467. The molecule has 5 heteroatoms. The third-order valence-corrected chi connectivity index (χ3v) is 5.22. The normalized spacial score (nSPS) is 17.7. The Morgan fingerprint density at radius 2 is 1.86 bits per heavy atom. The maximum absolute atomic E-state index is 6.17. The van der Waals surface area contributed by atoms with Gasteiger partial charge in [-0.15, -0.1) is 0 Å². The second kappa shape index (κ2) is 7.72. The van der Waals surface area contributed by atoms with Gasteiger partial charge in [0.05, 0.1) is 9.26 Å². The number of nitrogens with zero attached hydrogens (tertiary/aromatic N) is 2. The van der Waals surface area contributed by atoms with E-state index in [4.69, 9.17) is 14.7 Å². The van der Waals surface area contributed by atoms with Crippen LogP contribution in [0, 0.1) is 3.57 Å². The highest BCUT2D eigenvalue weighted by Gasteiger charge is 2.38. The topological polar surface area (TPSA) is 47.0 Å². The first-order chi connectivity index (χ1) is 10.2. The lowest BCUT2D eigenvalue weighted by Gasteiger charge is -2.36. The van der Waals surface area contributed by atoms with Crippen molar-refractivity contribution in [2.75, 3.05) is 18.5 Å². The molecule has 0 aromatic carbocycles. The number of hydrogen-bond acceptors (Lipinski definition) is 4. The summed E-state index contributed by atoms with van der Waals surface area (Å²) in [5.74, 6) is 1.85. The zero-order valence-corrected chi connectivity index (χ0v) is 15.5. The lowest BCUT2D eigenvalue weighted by molar-refractivity contribution is -0.0767. The van der Waals surface area contributed by atoms with Crippen LogP contribution in [0.2, 0.25) is 0 Å². The second-order valence-corrected chi connectivity index (χ2v) is 6.61. The molecule has 1 saturated carbocycles. The van der Waals surface area contributed by atoms with Gasteiger partial charge in [0.1, 0.15) is 11.4 Å². The zero-order chi connectivity index (χ0) is 15.3. The summed E-state index contributed by atoms with van der Waals surface area (Å²) in [6.07, 6.45) is 6.70. The Balaban J connectivity index is 2.46. The van der Waals surface area contributed by atoms with Gasteiger partial charge in [-0.05, 0) is 55.7 Å². The predicted octanol–water partition coefficient (Wildman–Crippen LogP) is 4.27. The third kappa shape index (κ3) is 3.67. The molecule has 0 atom stereocenters. The molecule has 1 fully saturated rings. The van der Waals surface area contributed by atoms with Crippen LogP contribution in [-0.2, 0) is 16.8 Å². The highest BCUT2D eigenvalue weighted by atomic mass is 127. The molecule has 0 radical (unpaired) electrons. The van der Waals surface area contributed by atoms with E-state index in [-0.39, 0.29) is 5.60 Å². The summed E-state index contributed by atoms with van der Waals surface area (Å²) in [7, 11) is 0. The average molecular weight is 403 g/mol. The van der Waals surface area contributed by atoms with E-state index in [1.54, 1.807) is 0 Å². The van der Waals surface area contributed by atoms with Gasteiger partial charge in [-0.2, -0.15) is 0 Å². The molecule has 4 nitrogen and oxygen atoms in total. The van der Waals surface area contributed by atoms with Crippen LogP contribution in [0.3, 0.4) is 0 Å². The van der Waals surface area contributed by atoms with Gasteiger partial charge in [0, 0.05) is 13.2 Å². The minimum atomic E-state index is -0.272. The van der Waals surface area contributed by atoms with Gasteiger partial charge in [0.2, 0.25) is 0 Å². The van der Waals surface area contributed by atoms with Gasteiger partial charge in [-0.3, -0.25) is 0 Å². The number of hydrogen-bond donors (Lipinski definition) is 1. The van der Waals surface area contributed by atoms with Crippen molar-refractivity contribution in [2.24, 2.45) is 0 Å². The molecule has 1 N–H and O–H groups in total. The van der Waals surface area contributed by atoms with Gasteiger partial charge in [-0.25, -0.2) is 9.97 Å². The van der Waals surface area contributed by atoms with Crippen molar-refractivity contribution in [3.05, 3.63) is 15.1 Å². The van der Waals surface area contributed by atoms with Crippen molar-refractivity contribution in [3.63, 3.8) is 0 Å². The van der Waals surface area contributed by atoms with Crippen molar-refractivity contribution in [2.45, 2.75) is 64.9 Å². The summed E-state index contributed by atoms with van der Waals surface area (Å²) < 4.78 is 7.32. The summed E-state index contributed by atoms with van der Waals surface area (Å²) in [6.45, 7) is 7.90.